The van der Waals surface area contributed by atoms with Crippen molar-refractivity contribution in [2.45, 2.75) is 38.9 Å². The largest absolute Gasteiger partial charge is 0.329 e. The first-order valence-electron chi connectivity index (χ1n) is 5.25. The zero-order valence-electron chi connectivity index (χ0n) is 9.19. The molecule has 0 unspecified atom stereocenters. The minimum absolute atomic E-state index is 0.845. The van der Waals surface area contributed by atoms with Gasteiger partial charge >= 0.3 is 0 Å². The molecule has 0 N–H and O–H groups in total. The molecule has 1 aliphatic rings. The van der Waals surface area contributed by atoms with E-state index < -0.39 is 8.07 Å². The van der Waals surface area contributed by atoms with Crippen LogP contribution in [0.1, 0.15) is 19.3 Å². The molecule has 0 atom stereocenters. The van der Waals surface area contributed by atoms with Gasteiger partial charge in [0.15, 0.2) is 0 Å². The highest BCUT2D eigenvalue weighted by atomic mass is 28.3. The third-order valence-electron chi connectivity index (χ3n) is 2.75. The van der Waals surface area contributed by atoms with Crippen LogP contribution in [0.25, 0.3) is 0 Å². The number of nitrogens with zero attached hydrogens (tertiary/aromatic N) is 1. The minimum atomic E-state index is -0.845. The molecule has 0 aromatic heterocycles. The number of likely N-dealkylation sites (tertiary alicyclic amines) is 1. The predicted molar refractivity (Wildman–Crippen MR) is 58.0 cm³/mol. The number of hydrogen-bond acceptors (Lipinski definition) is 0. The maximum atomic E-state index is 2.49. The standard InChI is InChI=1S/C10H24NSi/c1-11(10-12(2,3)4)8-6-5-7-9-11/h5-10H2,1-4H3/q+1. The zero-order valence-corrected chi connectivity index (χ0v) is 10.2. The van der Waals surface area contributed by atoms with E-state index in [-0.39, 0.29) is 0 Å². The Morgan fingerprint density at radius 3 is 1.92 bits per heavy atom. The van der Waals surface area contributed by atoms with Crippen LogP contribution in [0.5, 0.6) is 0 Å². The Labute approximate surface area is 78.4 Å². The summed E-state index contributed by atoms with van der Waals surface area (Å²) in [7, 11) is 1.61. The normalized spacial score (nSPS) is 24.0. The van der Waals surface area contributed by atoms with Crippen molar-refractivity contribution in [3.05, 3.63) is 0 Å². The van der Waals surface area contributed by atoms with Crippen LogP contribution in [0.2, 0.25) is 19.6 Å². The summed E-state index contributed by atoms with van der Waals surface area (Å²) in [6.07, 6.45) is 5.87. The van der Waals surface area contributed by atoms with Crippen LogP contribution >= 0.6 is 0 Å². The molecular weight excluding hydrogens is 162 g/mol. The SMILES string of the molecule is C[N+]1(C[Si](C)(C)C)CCCCC1. The lowest BCUT2D eigenvalue weighted by Gasteiger charge is -2.41. The van der Waals surface area contributed by atoms with Crippen LogP contribution in [0, 0.1) is 0 Å². The second-order valence-electron chi connectivity index (χ2n) is 5.85. The van der Waals surface area contributed by atoms with Crippen molar-refractivity contribution >= 4 is 8.07 Å². The molecule has 1 nitrogen and oxygen atoms in total. The molecule has 0 amide bonds. The van der Waals surface area contributed by atoms with Crippen LogP contribution in [0.15, 0.2) is 0 Å². The third-order valence-corrected chi connectivity index (χ3v) is 4.46. The zero-order chi connectivity index (χ0) is 9.24. The monoisotopic (exact) mass is 186 g/mol. The highest BCUT2D eigenvalue weighted by Gasteiger charge is 2.31. The van der Waals surface area contributed by atoms with E-state index >= 15 is 0 Å². The van der Waals surface area contributed by atoms with Crippen molar-refractivity contribution in [3.8, 4) is 0 Å². The van der Waals surface area contributed by atoms with Gasteiger partial charge in [0.05, 0.1) is 26.3 Å². The van der Waals surface area contributed by atoms with Gasteiger partial charge in [0.2, 0.25) is 0 Å². The lowest BCUT2D eigenvalue weighted by molar-refractivity contribution is -0.904. The highest BCUT2D eigenvalue weighted by Crippen LogP contribution is 2.19. The molecule has 0 bridgehead atoms. The molecular formula is C10H24NSi+. The van der Waals surface area contributed by atoms with Crippen LogP contribution in [0.4, 0.5) is 0 Å². The quantitative estimate of drug-likeness (QED) is 0.459. The fourth-order valence-electron chi connectivity index (χ4n) is 2.58. The molecule has 0 saturated carbocycles. The van der Waals surface area contributed by atoms with E-state index in [1.54, 1.807) is 0 Å². The fraction of sp³-hybridized carbons (Fsp3) is 1.00. The van der Waals surface area contributed by atoms with Gasteiger partial charge in [-0.05, 0) is 19.3 Å². The van der Waals surface area contributed by atoms with Crippen molar-refractivity contribution in [1.82, 2.24) is 0 Å². The highest BCUT2D eigenvalue weighted by molar-refractivity contribution is 6.75. The van der Waals surface area contributed by atoms with Gasteiger partial charge in [0.25, 0.3) is 0 Å². The molecule has 1 heterocycles. The molecule has 1 rings (SSSR count). The molecule has 0 aliphatic carbocycles. The van der Waals surface area contributed by atoms with Gasteiger partial charge in [0.1, 0.15) is 8.07 Å². The molecule has 0 aromatic rings. The topological polar surface area (TPSA) is 0 Å². The van der Waals surface area contributed by atoms with Crippen molar-refractivity contribution in [1.29, 1.82) is 0 Å². The summed E-state index contributed by atoms with van der Waals surface area (Å²) in [6, 6.07) is 0. The fourth-order valence-corrected chi connectivity index (χ4v) is 5.19. The van der Waals surface area contributed by atoms with Crippen LogP contribution in [-0.2, 0) is 0 Å². The van der Waals surface area contributed by atoms with E-state index in [4.69, 9.17) is 0 Å². The number of rotatable bonds is 2. The van der Waals surface area contributed by atoms with Gasteiger partial charge in [-0.3, -0.25) is 0 Å². The molecule has 1 aliphatic heterocycles. The summed E-state index contributed by atoms with van der Waals surface area (Å²) in [4.78, 5) is 0. The predicted octanol–water partition coefficient (Wildman–Crippen LogP) is 2.49. The van der Waals surface area contributed by atoms with E-state index in [2.05, 4.69) is 26.7 Å². The van der Waals surface area contributed by atoms with E-state index in [1.165, 1.54) is 43.0 Å². The Balaban J connectivity index is 2.47. The van der Waals surface area contributed by atoms with Crippen molar-refractivity contribution in [2.75, 3.05) is 26.3 Å². The Morgan fingerprint density at radius 2 is 1.50 bits per heavy atom. The second kappa shape index (κ2) is 3.50. The van der Waals surface area contributed by atoms with Gasteiger partial charge < -0.3 is 4.48 Å². The molecule has 0 radical (unpaired) electrons. The molecule has 72 valence electrons. The summed E-state index contributed by atoms with van der Waals surface area (Å²) in [5.41, 5.74) is 0. The minimum Gasteiger partial charge on any atom is -0.329 e. The summed E-state index contributed by atoms with van der Waals surface area (Å²) in [6.45, 7) is 10.3. The van der Waals surface area contributed by atoms with E-state index in [0.29, 0.717) is 0 Å². The summed E-state index contributed by atoms with van der Waals surface area (Å²) in [5.74, 6) is 0. The van der Waals surface area contributed by atoms with Crippen LogP contribution in [0.3, 0.4) is 0 Å². The lowest BCUT2D eigenvalue weighted by atomic mass is 10.1. The molecule has 1 fully saturated rings. The van der Waals surface area contributed by atoms with Crippen molar-refractivity contribution in [2.24, 2.45) is 0 Å². The summed E-state index contributed by atoms with van der Waals surface area (Å²) in [5, 5.41) is 0. The van der Waals surface area contributed by atoms with Gasteiger partial charge in [0, 0.05) is 0 Å². The van der Waals surface area contributed by atoms with Crippen LogP contribution in [-0.4, -0.2) is 38.9 Å². The molecule has 1 saturated heterocycles. The second-order valence-corrected chi connectivity index (χ2v) is 11.3. The number of hydrogen-bond donors (Lipinski definition) is 0. The van der Waals surface area contributed by atoms with E-state index in [1.807, 2.05) is 0 Å². The van der Waals surface area contributed by atoms with E-state index in [0.717, 1.165) is 0 Å². The lowest BCUT2D eigenvalue weighted by Crippen LogP contribution is -2.55. The smallest absolute Gasteiger partial charge is 0.110 e. The summed E-state index contributed by atoms with van der Waals surface area (Å²) < 4.78 is 1.37. The molecule has 12 heavy (non-hydrogen) atoms. The first kappa shape index (κ1) is 10.3. The Kier molecular flexibility index (Phi) is 3.00. The Hall–Kier alpha value is 0.177. The first-order valence-corrected chi connectivity index (χ1v) is 8.96. The van der Waals surface area contributed by atoms with Crippen LogP contribution < -0.4 is 0 Å². The van der Waals surface area contributed by atoms with Crippen molar-refractivity contribution < 1.29 is 4.48 Å². The maximum absolute atomic E-state index is 2.49. The number of piperidine rings is 1. The van der Waals surface area contributed by atoms with Gasteiger partial charge in [-0.15, -0.1) is 0 Å². The van der Waals surface area contributed by atoms with Crippen molar-refractivity contribution in [3.63, 3.8) is 0 Å². The van der Waals surface area contributed by atoms with Gasteiger partial charge in [-0.1, -0.05) is 19.6 Å². The Bertz CT molecular complexity index is 142. The Morgan fingerprint density at radius 1 is 1.00 bits per heavy atom. The average molecular weight is 186 g/mol. The molecule has 0 aromatic carbocycles. The summed E-state index contributed by atoms with van der Waals surface area (Å²) >= 11 is 0. The van der Waals surface area contributed by atoms with Gasteiger partial charge in [-0.25, -0.2) is 0 Å². The molecule has 0 spiro atoms. The third kappa shape index (κ3) is 3.28. The maximum Gasteiger partial charge on any atom is 0.110 e. The van der Waals surface area contributed by atoms with E-state index in [9.17, 15) is 0 Å². The average Bonchev–Trinajstić information content (AvgIpc) is 1.83. The van der Waals surface area contributed by atoms with Gasteiger partial charge in [-0.2, -0.15) is 0 Å². The first-order chi connectivity index (χ1) is 5.41. The molecule has 2 heteroatoms. The number of quaternary nitrogens is 1.